The van der Waals surface area contributed by atoms with Crippen LogP contribution in [0.15, 0.2) is 22.7 Å². The van der Waals surface area contributed by atoms with E-state index in [1.807, 2.05) is 0 Å². The summed E-state index contributed by atoms with van der Waals surface area (Å²) in [6.07, 6.45) is 3.58. The van der Waals surface area contributed by atoms with Gasteiger partial charge in [0.25, 0.3) is 0 Å². The number of halogens is 2. The van der Waals surface area contributed by atoms with Crippen molar-refractivity contribution in [1.29, 1.82) is 0 Å². The van der Waals surface area contributed by atoms with Gasteiger partial charge in [-0.25, -0.2) is 4.39 Å². The van der Waals surface area contributed by atoms with Gasteiger partial charge in [-0.3, -0.25) is 4.79 Å². The van der Waals surface area contributed by atoms with E-state index in [2.05, 4.69) is 33.5 Å². The molecule has 5 heteroatoms. The first kappa shape index (κ1) is 15.4. The monoisotopic (exact) mass is 342 g/mol. The highest BCUT2D eigenvalue weighted by molar-refractivity contribution is 9.10. The molecule has 0 unspecified atom stereocenters. The lowest BCUT2D eigenvalue weighted by Gasteiger charge is -2.36. The number of benzene rings is 1. The Bertz CT molecular complexity index is 481. The highest BCUT2D eigenvalue weighted by Crippen LogP contribution is 2.36. The van der Waals surface area contributed by atoms with E-state index in [9.17, 15) is 9.18 Å². The summed E-state index contributed by atoms with van der Waals surface area (Å²) >= 11 is 3.29. The first-order chi connectivity index (χ1) is 9.57. The number of carbonyl (C=O) groups is 1. The first-order valence-corrected chi connectivity index (χ1v) is 7.84. The summed E-state index contributed by atoms with van der Waals surface area (Å²) in [4.78, 5) is 12.7. The predicted molar refractivity (Wildman–Crippen MR) is 82.2 cm³/mol. The van der Waals surface area contributed by atoms with Gasteiger partial charge in [-0.05, 0) is 66.5 Å². The van der Waals surface area contributed by atoms with Crippen molar-refractivity contribution in [2.45, 2.75) is 32.6 Å². The van der Waals surface area contributed by atoms with Gasteiger partial charge in [-0.2, -0.15) is 0 Å². The van der Waals surface area contributed by atoms with Crippen LogP contribution in [0.25, 0.3) is 0 Å². The van der Waals surface area contributed by atoms with Crippen molar-refractivity contribution in [3.63, 3.8) is 0 Å². The molecule has 1 aromatic carbocycles. The Morgan fingerprint density at radius 2 is 2.15 bits per heavy atom. The molecule has 1 heterocycles. The Hall–Kier alpha value is -0.940. The maximum absolute atomic E-state index is 13.1. The average molecular weight is 343 g/mol. The predicted octanol–water partition coefficient (Wildman–Crippen LogP) is 3.70. The summed E-state index contributed by atoms with van der Waals surface area (Å²) in [5.41, 5.74) is 0.332. The highest BCUT2D eigenvalue weighted by Gasteiger charge is 2.38. The summed E-state index contributed by atoms with van der Waals surface area (Å²) in [5.74, 6) is -0.270. The molecule has 3 nitrogen and oxygen atoms in total. The Kier molecular flexibility index (Phi) is 5.16. The van der Waals surface area contributed by atoms with Crippen LogP contribution >= 0.6 is 15.9 Å². The number of amides is 1. The zero-order valence-electron chi connectivity index (χ0n) is 11.6. The number of hydrogen-bond acceptors (Lipinski definition) is 2. The van der Waals surface area contributed by atoms with Crippen LogP contribution in [-0.2, 0) is 4.79 Å². The summed E-state index contributed by atoms with van der Waals surface area (Å²) in [5, 5.41) is 6.25. The standard InChI is InChI=1S/C15H20BrFN2O/c1-2-5-15(6-8-18-9-7-15)14(20)19-13-4-3-11(17)10-12(13)16/h3-4,10,18H,2,5-9H2,1H3,(H,19,20). The minimum absolute atomic E-state index is 0.0492. The van der Waals surface area contributed by atoms with Crippen LogP contribution in [0.4, 0.5) is 10.1 Å². The molecule has 2 rings (SSSR count). The van der Waals surface area contributed by atoms with Gasteiger partial charge in [0.15, 0.2) is 0 Å². The van der Waals surface area contributed by atoms with Crippen molar-refractivity contribution < 1.29 is 9.18 Å². The molecule has 110 valence electrons. The minimum Gasteiger partial charge on any atom is -0.325 e. The van der Waals surface area contributed by atoms with Gasteiger partial charge in [0.2, 0.25) is 5.91 Å². The van der Waals surface area contributed by atoms with Crippen LogP contribution in [0.5, 0.6) is 0 Å². The number of piperidine rings is 1. The third kappa shape index (κ3) is 3.38. The highest BCUT2D eigenvalue weighted by atomic mass is 79.9. The fourth-order valence-corrected chi connectivity index (χ4v) is 3.27. The molecule has 1 amide bonds. The summed E-state index contributed by atoms with van der Waals surface area (Å²) in [6, 6.07) is 4.32. The smallest absolute Gasteiger partial charge is 0.230 e. The molecule has 20 heavy (non-hydrogen) atoms. The van der Waals surface area contributed by atoms with E-state index < -0.39 is 0 Å². The van der Waals surface area contributed by atoms with Gasteiger partial charge >= 0.3 is 0 Å². The van der Waals surface area contributed by atoms with Crippen LogP contribution in [0, 0.1) is 11.2 Å². The molecule has 0 spiro atoms. The normalized spacial score (nSPS) is 17.8. The molecule has 0 aliphatic carbocycles. The molecule has 1 aliphatic rings. The number of carbonyl (C=O) groups excluding carboxylic acids is 1. The lowest BCUT2D eigenvalue weighted by atomic mass is 9.74. The molecule has 0 radical (unpaired) electrons. The zero-order valence-corrected chi connectivity index (χ0v) is 13.2. The molecule has 0 aromatic heterocycles. The van der Waals surface area contributed by atoms with E-state index in [1.165, 1.54) is 12.1 Å². The molecule has 2 N–H and O–H groups in total. The minimum atomic E-state index is -0.319. The van der Waals surface area contributed by atoms with Gasteiger partial charge in [0.05, 0.1) is 11.1 Å². The van der Waals surface area contributed by atoms with Gasteiger partial charge in [-0.15, -0.1) is 0 Å². The fraction of sp³-hybridized carbons (Fsp3) is 0.533. The molecule has 1 saturated heterocycles. The zero-order chi connectivity index (χ0) is 14.6. The maximum atomic E-state index is 13.1. The molecular formula is C15H20BrFN2O. The summed E-state index contributed by atoms with van der Waals surface area (Å²) < 4.78 is 13.7. The largest absolute Gasteiger partial charge is 0.325 e. The van der Waals surface area contributed by atoms with Crippen molar-refractivity contribution in [3.05, 3.63) is 28.5 Å². The number of anilines is 1. The van der Waals surface area contributed by atoms with E-state index in [1.54, 1.807) is 6.07 Å². The van der Waals surface area contributed by atoms with Crippen molar-refractivity contribution in [1.82, 2.24) is 5.32 Å². The van der Waals surface area contributed by atoms with Gasteiger partial charge in [-0.1, -0.05) is 13.3 Å². The van der Waals surface area contributed by atoms with E-state index in [4.69, 9.17) is 0 Å². The first-order valence-electron chi connectivity index (χ1n) is 7.04. The van der Waals surface area contributed by atoms with Crippen LogP contribution in [0.1, 0.15) is 32.6 Å². The molecule has 0 bridgehead atoms. The van der Waals surface area contributed by atoms with Crippen LogP contribution in [0.2, 0.25) is 0 Å². The van der Waals surface area contributed by atoms with E-state index in [0.717, 1.165) is 38.8 Å². The SMILES string of the molecule is CCCC1(C(=O)Nc2ccc(F)cc2Br)CCNCC1. The lowest BCUT2D eigenvalue weighted by Crippen LogP contribution is -2.44. The maximum Gasteiger partial charge on any atom is 0.230 e. The number of rotatable bonds is 4. The topological polar surface area (TPSA) is 41.1 Å². The Morgan fingerprint density at radius 1 is 1.45 bits per heavy atom. The van der Waals surface area contributed by atoms with E-state index >= 15 is 0 Å². The van der Waals surface area contributed by atoms with E-state index in [-0.39, 0.29) is 17.1 Å². The Labute approximate surface area is 127 Å². The Morgan fingerprint density at radius 3 is 2.75 bits per heavy atom. The number of nitrogens with one attached hydrogen (secondary N) is 2. The molecule has 1 aliphatic heterocycles. The van der Waals surface area contributed by atoms with Crippen molar-refractivity contribution in [3.8, 4) is 0 Å². The van der Waals surface area contributed by atoms with Gasteiger partial charge in [0.1, 0.15) is 5.82 Å². The molecule has 0 saturated carbocycles. The third-order valence-corrected chi connectivity index (χ3v) is 4.61. The fourth-order valence-electron chi connectivity index (χ4n) is 2.82. The lowest BCUT2D eigenvalue weighted by molar-refractivity contribution is -0.127. The third-order valence-electron chi connectivity index (χ3n) is 3.95. The Balaban J connectivity index is 2.15. The quantitative estimate of drug-likeness (QED) is 0.875. The molecule has 1 fully saturated rings. The van der Waals surface area contributed by atoms with Gasteiger partial charge < -0.3 is 10.6 Å². The second-order valence-electron chi connectivity index (χ2n) is 5.36. The number of hydrogen-bond donors (Lipinski definition) is 2. The van der Waals surface area contributed by atoms with Crippen LogP contribution < -0.4 is 10.6 Å². The second-order valence-corrected chi connectivity index (χ2v) is 6.21. The van der Waals surface area contributed by atoms with Crippen molar-refractivity contribution in [2.24, 2.45) is 5.41 Å². The molecule has 1 aromatic rings. The summed E-state index contributed by atoms with van der Waals surface area (Å²) in [7, 11) is 0. The van der Waals surface area contributed by atoms with Crippen LogP contribution in [0.3, 0.4) is 0 Å². The van der Waals surface area contributed by atoms with Crippen molar-refractivity contribution in [2.75, 3.05) is 18.4 Å². The van der Waals surface area contributed by atoms with E-state index in [0.29, 0.717) is 10.2 Å². The average Bonchev–Trinajstić information content (AvgIpc) is 2.43. The summed E-state index contributed by atoms with van der Waals surface area (Å²) in [6.45, 7) is 3.85. The van der Waals surface area contributed by atoms with Crippen LogP contribution in [-0.4, -0.2) is 19.0 Å². The second kappa shape index (κ2) is 6.68. The molecular weight excluding hydrogens is 323 g/mol. The van der Waals surface area contributed by atoms with Gasteiger partial charge in [0, 0.05) is 4.47 Å². The van der Waals surface area contributed by atoms with Crippen molar-refractivity contribution >= 4 is 27.5 Å². The molecule has 0 atom stereocenters.